The predicted octanol–water partition coefficient (Wildman–Crippen LogP) is 5.91. The van der Waals surface area contributed by atoms with Gasteiger partial charge in [-0.05, 0) is 81.2 Å². The summed E-state index contributed by atoms with van der Waals surface area (Å²) in [6.07, 6.45) is 5.61. The first-order valence-electron chi connectivity index (χ1n) is 14.0. The maximum Gasteiger partial charge on any atom is 0.509 e. The van der Waals surface area contributed by atoms with Crippen LogP contribution in [0, 0.1) is 28.6 Å². The molecule has 3 saturated carbocycles. The summed E-state index contributed by atoms with van der Waals surface area (Å²) in [6.45, 7) is 5.01. The van der Waals surface area contributed by atoms with E-state index in [-0.39, 0.29) is 58.6 Å². The van der Waals surface area contributed by atoms with Gasteiger partial charge in [0, 0.05) is 22.3 Å². The maximum atomic E-state index is 13.9. The lowest BCUT2D eigenvalue weighted by Crippen LogP contribution is -2.63. The first-order chi connectivity index (χ1) is 19.4. The summed E-state index contributed by atoms with van der Waals surface area (Å²) in [5, 5.41) is 12.2. The number of ether oxygens (including phenoxy) is 3. The Morgan fingerprint density at radius 3 is 2.56 bits per heavy atom. The van der Waals surface area contributed by atoms with Crippen LogP contribution in [0.1, 0.15) is 63.2 Å². The highest BCUT2D eigenvalue weighted by Gasteiger charge is 2.71. The van der Waals surface area contributed by atoms with Crippen molar-refractivity contribution in [3.8, 4) is 0 Å². The number of aliphatic hydroxyl groups excluding tert-OH is 1. The number of carbonyl (C=O) groups is 4. The lowest BCUT2D eigenvalue weighted by atomic mass is 9.46. The van der Waals surface area contributed by atoms with Gasteiger partial charge in [-0.15, -0.1) is 0 Å². The standard InChI is InChI=1S/C31H34Cl2O8/c1-4-39-28(38)41-31(27(37)40-16-25(36)17-5-8-22(32)23(33)13-17)12-10-21-20-7-6-18-14-19(34)9-11-29(18,2)26(20)24(35)15-30(21,31)3/h5,8-9,11,13-14,20-21,24,26,35H,4,6-7,10,12,15-16H2,1-3H3/t20-,21-,24-,26+,29-,30-,31-/m0/s1. The number of allylic oxidation sites excluding steroid dienone is 4. The van der Waals surface area contributed by atoms with Gasteiger partial charge in [0.25, 0.3) is 0 Å². The minimum Gasteiger partial charge on any atom is -0.454 e. The first kappa shape index (κ1) is 29.8. The molecule has 0 amide bonds. The number of halogens is 2. The number of hydrogen-bond donors (Lipinski definition) is 1. The average molecular weight is 606 g/mol. The van der Waals surface area contributed by atoms with Crippen LogP contribution in [0.2, 0.25) is 10.0 Å². The second kappa shape index (κ2) is 10.9. The van der Waals surface area contributed by atoms with Crippen LogP contribution in [0.4, 0.5) is 4.79 Å². The van der Waals surface area contributed by atoms with E-state index < -0.39 is 47.0 Å². The van der Waals surface area contributed by atoms with Crippen molar-refractivity contribution in [2.75, 3.05) is 13.2 Å². The van der Waals surface area contributed by atoms with Crippen LogP contribution in [0.25, 0.3) is 0 Å². The monoisotopic (exact) mass is 604 g/mol. The van der Waals surface area contributed by atoms with Gasteiger partial charge in [0.15, 0.2) is 18.2 Å². The van der Waals surface area contributed by atoms with E-state index in [9.17, 15) is 24.3 Å². The van der Waals surface area contributed by atoms with Crippen LogP contribution in [-0.2, 0) is 23.8 Å². The molecule has 4 aliphatic rings. The third-order valence-corrected chi connectivity index (χ3v) is 10.8. The number of aliphatic hydroxyl groups is 1. The smallest absolute Gasteiger partial charge is 0.454 e. The van der Waals surface area contributed by atoms with Crippen LogP contribution in [0.5, 0.6) is 0 Å². The van der Waals surface area contributed by atoms with Gasteiger partial charge in [-0.3, -0.25) is 9.59 Å². The van der Waals surface area contributed by atoms with Crippen molar-refractivity contribution in [1.82, 2.24) is 0 Å². The van der Waals surface area contributed by atoms with E-state index in [0.717, 1.165) is 12.0 Å². The molecule has 0 bridgehead atoms. The number of hydrogen-bond acceptors (Lipinski definition) is 8. The van der Waals surface area contributed by atoms with E-state index in [1.54, 1.807) is 19.1 Å². The lowest BCUT2D eigenvalue weighted by Gasteiger charge is -2.59. The van der Waals surface area contributed by atoms with Crippen molar-refractivity contribution in [3.05, 3.63) is 57.6 Å². The number of Topliss-reactive ketones (excluding diaryl/α,β-unsaturated/α-hetero) is 1. The van der Waals surface area contributed by atoms with Crippen molar-refractivity contribution in [3.63, 3.8) is 0 Å². The zero-order chi connectivity index (χ0) is 29.7. The fourth-order valence-corrected chi connectivity index (χ4v) is 8.45. The molecule has 1 N–H and O–H groups in total. The molecule has 220 valence electrons. The van der Waals surface area contributed by atoms with E-state index >= 15 is 0 Å². The molecule has 0 unspecified atom stereocenters. The third-order valence-electron chi connectivity index (χ3n) is 10.0. The van der Waals surface area contributed by atoms with Crippen LogP contribution in [-0.4, -0.2) is 53.7 Å². The third kappa shape index (κ3) is 4.82. The summed E-state index contributed by atoms with van der Waals surface area (Å²) in [4.78, 5) is 51.6. The first-order valence-corrected chi connectivity index (χ1v) is 14.8. The molecule has 10 heteroatoms. The van der Waals surface area contributed by atoms with Gasteiger partial charge in [0.05, 0.1) is 22.8 Å². The Bertz CT molecular complexity index is 1350. The summed E-state index contributed by atoms with van der Waals surface area (Å²) in [6, 6.07) is 4.37. The van der Waals surface area contributed by atoms with E-state index in [0.29, 0.717) is 12.8 Å². The summed E-state index contributed by atoms with van der Waals surface area (Å²) < 4.78 is 16.5. The number of ketones is 2. The van der Waals surface area contributed by atoms with Crippen molar-refractivity contribution < 1.29 is 38.5 Å². The highest BCUT2D eigenvalue weighted by Crippen LogP contribution is 2.68. The molecule has 8 nitrogen and oxygen atoms in total. The Morgan fingerprint density at radius 1 is 1.10 bits per heavy atom. The Morgan fingerprint density at radius 2 is 1.85 bits per heavy atom. The molecule has 0 aliphatic heterocycles. The molecule has 5 rings (SSSR count). The van der Waals surface area contributed by atoms with Crippen molar-refractivity contribution in [2.24, 2.45) is 28.6 Å². The van der Waals surface area contributed by atoms with Crippen LogP contribution in [0.3, 0.4) is 0 Å². The van der Waals surface area contributed by atoms with E-state index in [2.05, 4.69) is 6.92 Å². The molecule has 0 heterocycles. The Balaban J connectivity index is 1.45. The fourth-order valence-electron chi connectivity index (χ4n) is 8.15. The maximum absolute atomic E-state index is 13.9. The predicted molar refractivity (Wildman–Crippen MR) is 151 cm³/mol. The molecule has 0 spiro atoms. The van der Waals surface area contributed by atoms with E-state index in [1.165, 1.54) is 18.2 Å². The second-order valence-corrected chi connectivity index (χ2v) is 12.8. The second-order valence-electron chi connectivity index (χ2n) is 12.0. The van der Waals surface area contributed by atoms with Gasteiger partial charge in [0.1, 0.15) is 0 Å². The largest absolute Gasteiger partial charge is 0.509 e. The molecule has 0 radical (unpaired) electrons. The minimum atomic E-state index is -1.76. The number of fused-ring (bicyclic) bond motifs is 5. The summed E-state index contributed by atoms with van der Waals surface area (Å²) in [7, 11) is 0. The summed E-state index contributed by atoms with van der Waals surface area (Å²) in [5.41, 5.74) is -2.00. The highest BCUT2D eigenvalue weighted by molar-refractivity contribution is 6.42. The van der Waals surface area contributed by atoms with Gasteiger partial charge in [-0.1, -0.05) is 48.7 Å². The van der Waals surface area contributed by atoms with Gasteiger partial charge in [-0.2, -0.15) is 0 Å². The van der Waals surface area contributed by atoms with Crippen molar-refractivity contribution >= 4 is 46.9 Å². The highest BCUT2D eigenvalue weighted by atomic mass is 35.5. The van der Waals surface area contributed by atoms with Gasteiger partial charge in [-0.25, -0.2) is 9.59 Å². The Kier molecular flexibility index (Phi) is 7.90. The topological polar surface area (TPSA) is 116 Å². The lowest BCUT2D eigenvalue weighted by molar-refractivity contribution is -0.200. The number of benzene rings is 1. The summed E-state index contributed by atoms with van der Waals surface area (Å²) in [5.74, 6) is -1.65. The number of carbonyl (C=O) groups excluding carboxylic acids is 4. The van der Waals surface area contributed by atoms with Crippen LogP contribution in [0.15, 0.2) is 42.0 Å². The van der Waals surface area contributed by atoms with Gasteiger partial charge >= 0.3 is 12.1 Å². The molecule has 1 aromatic rings. The van der Waals surface area contributed by atoms with Crippen LogP contribution >= 0.6 is 23.2 Å². The normalized spacial score (nSPS) is 35.5. The SMILES string of the molecule is CCOC(=O)O[C@]1(C(=O)OCC(=O)c2ccc(Cl)c(Cl)c2)CC[C@H]2[C@@H]3CCC4=CC(=O)C=C[C@]4(C)[C@H]3[C@@H](O)C[C@@]21C. The molecular formula is C31H34Cl2O8. The Hall–Kier alpha value is -2.68. The molecular weight excluding hydrogens is 571 g/mol. The van der Waals surface area contributed by atoms with Gasteiger partial charge < -0.3 is 19.3 Å². The molecule has 7 atom stereocenters. The number of rotatable bonds is 6. The molecule has 3 fully saturated rings. The van der Waals surface area contributed by atoms with Gasteiger partial charge in [0.2, 0.25) is 5.60 Å². The minimum absolute atomic E-state index is 0.00191. The molecule has 1 aromatic carbocycles. The quantitative estimate of drug-likeness (QED) is 0.314. The molecule has 0 aromatic heterocycles. The fraction of sp³-hybridized carbons (Fsp3) is 0.548. The van der Waals surface area contributed by atoms with E-state index in [4.69, 9.17) is 37.4 Å². The summed E-state index contributed by atoms with van der Waals surface area (Å²) >= 11 is 12.0. The molecule has 0 saturated heterocycles. The average Bonchev–Trinajstić information content (AvgIpc) is 3.21. The molecule has 41 heavy (non-hydrogen) atoms. The van der Waals surface area contributed by atoms with E-state index in [1.807, 2.05) is 13.0 Å². The van der Waals surface area contributed by atoms with Crippen molar-refractivity contribution in [2.45, 2.75) is 64.6 Å². The van der Waals surface area contributed by atoms with Crippen LogP contribution < -0.4 is 0 Å². The zero-order valence-corrected chi connectivity index (χ0v) is 24.8. The zero-order valence-electron chi connectivity index (χ0n) is 23.3. The molecule has 4 aliphatic carbocycles. The Labute approximate surface area is 249 Å². The number of esters is 1. The van der Waals surface area contributed by atoms with Crippen molar-refractivity contribution in [1.29, 1.82) is 0 Å².